The Balaban J connectivity index is 1.76. The van der Waals surface area contributed by atoms with Crippen molar-refractivity contribution >= 4 is 40.1 Å². The normalized spacial score (nSPS) is 15.0. The molecule has 3 heterocycles. The fourth-order valence-corrected chi connectivity index (χ4v) is 3.14. The Kier molecular flexibility index (Phi) is 3.98. The topological polar surface area (TPSA) is 58.9 Å². The molecule has 0 atom stereocenters. The van der Waals surface area contributed by atoms with Crippen LogP contribution in [0.25, 0.3) is 11.0 Å². The van der Waals surface area contributed by atoms with Gasteiger partial charge in [-0.25, -0.2) is 0 Å². The van der Waals surface area contributed by atoms with Gasteiger partial charge in [-0.05, 0) is 43.5 Å². The molecule has 4 rings (SSSR count). The van der Waals surface area contributed by atoms with Gasteiger partial charge in [-0.3, -0.25) is 4.68 Å². The second-order valence-corrected chi connectivity index (χ2v) is 6.49. The number of nitrogens with one attached hydrogen (secondary N) is 1. The number of piperidine rings is 1. The van der Waals surface area contributed by atoms with Crippen molar-refractivity contribution in [2.45, 2.75) is 19.3 Å². The highest BCUT2D eigenvalue weighted by molar-refractivity contribution is 6.30. The lowest BCUT2D eigenvalue weighted by Crippen LogP contribution is -2.31. The van der Waals surface area contributed by atoms with Crippen LogP contribution in [0.5, 0.6) is 0 Å². The second kappa shape index (κ2) is 6.28. The van der Waals surface area contributed by atoms with Gasteiger partial charge in [-0.2, -0.15) is 15.1 Å². The number of halogens is 1. The zero-order valence-corrected chi connectivity index (χ0v) is 14.3. The van der Waals surface area contributed by atoms with Crippen LogP contribution >= 0.6 is 11.6 Å². The molecule has 2 aromatic heterocycles. The zero-order chi connectivity index (χ0) is 16.5. The van der Waals surface area contributed by atoms with Crippen molar-refractivity contribution in [3.8, 4) is 0 Å². The average molecular weight is 343 g/mol. The van der Waals surface area contributed by atoms with Crippen molar-refractivity contribution < 1.29 is 0 Å². The summed E-state index contributed by atoms with van der Waals surface area (Å²) in [6, 6.07) is 7.59. The minimum Gasteiger partial charge on any atom is -0.341 e. The molecule has 6 nitrogen and oxygen atoms in total. The van der Waals surface area contributed by atoms with Gasteiger partial charge in [0.15, 0.2) is 5.65 Å². The van der Waals surface area contributed by atoms with Gasteiger partial charge in [0.05, 0.1) is 11.6 Å². The maximum atomic E-state index is 5.97. The summed E-state index contributed by atoms with van der Waals surface area (Å²) >= 11 is 5.97. The molecule has 0 bridgehead atoms. The van der Waals surface area contributed by atoms with Crippen LogP contribution < -0.4 is 10.2 Å². The number of aryl methyl sites for hydroxylation is 1. The van der Waals surface area contributed by atoms with Gasteiger partial charge in [0.2, 0.25) is 5.95 Å². The van der Waals surface area contributed by atoms with Gasteiger partial charge in [0, 0.05) is 30.8 Å². The fraction of sp³-hybridized carbons (Fsp3) is 0.353. The highest BCUT2D eigenvalue weighted by Gasteiger charge is 2.18. The average Bonchev–Trinajstić information content (AvgIpc) is 2.99. The number of anilines is 3. The van der Waals surface area contributed by atoms with E-state index >= 15 is 0 Å². The first-order chi connectivity index (χ1) is 11.7. The smallest absolute Gasteiger partial charge is 0.229 e. The number of hydrogen-bond donors (Lipinski definition) is 1. The van der Waals surface area contributed by atoms with Crippen molar-refractivity contribution in [3.63, 3.8) is 0 Å². The Labute approximate surface area is 145 Å². The minimum atomic E-state index is 0.712. The molecular weight excluding hydrogens is 324 g/mol. The van der Waals surface area contributed by atoms with Crippen molar-refractivity contribution in [1.82, 2.24) is 19.7 Å². The first-order valence-corrected chi connectivity index (χ1v) is 8.56. The lowest BCUT2D eigenvalue weighted by molar-refractivity contribution is 0.568. The van der Waals surface area contributed by atoms with E-state index in [0.29, 0.717) is 5.02 Å². The van der Waals surface area contributed by atoms with Crippen LogP contribution in [0.1, 0.15) is 19.3 Å². The molecule has 0 aliphatic carbocycles. The van der Waals surface area contributed by atoms with Crippen LogP contribution in [-0.4, -0.2) is 32.8 Å². The van der Waals surface area contributed by atoms with E-state index in [1.54, 1.807) is 10.9 Å². The van der Waals surface area contributed by atoms with Gasteiger partial charge in [0.1, 0.15) is 5.82 Å². The molecule has 0 radical (unpaired) electrons. The summed E-state index contributed by atoms with van der Waals surface area (Å²) < 4.78 is 1.79. The summed E-state index contributed by atoms with van der Waals surface area (Å²) in [4.78, 5) is 11.8. The molecule has 0 saturated carbocycles. The third kappa shape index (κ3) is 2.89. The summed E-state index contributed by atoms with van der Waals surface area (Å²) in [6.07, 6.45) is 5.45. The van der Waals surface area contributed by atoms with Crippen LogP contribution in [0.3, 0.4) is 0 Å². The largest absolute Gasteiger partial charge is 0.341 e. The van der Waals surface area contributed by atoms with E-state index in [2.05, 4.69) is 15.3 Å². The molecule has 7 heteroatoms. The van der Waals surface area contributed by atoms with Gasteiger partial charge in [0.25, 0.3) is 0 Å². The van der Waals surface area contributed by atoms with Crippen molar-refractivity contribution in [1.29, 1.82) is 0 Å². The van der Waals surface area contributed by atoms with Crippen LogP contribution in [0.15, 0.2) is 30.5 Å². The molecule has 1 N–H and O–H groups in total. The van der Waals surface area contributed by atoms with E-state index in [0.717, 1.165) is 41.6 Å². The maximum Gasteiger partial charge on any atom is 0.229 e. The minimum absolute atomic E-state index is 0.712. The summed E-state index contributed by atoms with van der Waals surface area (Å²) in [5, 5.41) is 9.33. The van der Waals surface area contributed by atoms with E-state index < -0.39 is 0 Å². The van der Waals surface area contributed by atoms with Crippen molar-refractivity contribution in [2.24, 2.45) is 7.05 Å². The quantitative estimate of drug-likeness (QED) is 0.785. The Hall–Kier alpha value is -2.34. The molecule has 0 unspecified atom stereocenters. The predicted molar refractivity (Wildman–Crippen MR) is 97.1 cm³/mol. The van der Waals surface area contributed by atoms with Crippen LogP contribution in [0, 0.1) is 0 Å². The number of nitrogens with zero attached hydrogens (tertiary/aromatic N) is 5. The number of benzene rings is 1. The summed E-state index contributed by atoms with van der Waals surface area (Å²) in [5.74, 6) is 1.54. The number of hydrogen-bond acceptors (Lipinski definition) is 5. The monoisotopic (exact) mass is 342 g/mol. The molecule has 1 saturated heterocycles. The number of aromatic nitrogens is 4. The molecular formula is C17H19ClN6. The van der Waals surface area contributed by atoms with E-state index in [1.807, 2.05) is 31.3 Å². The lowest BCUT2D eigenvalue weighted by atomic mass is 10.1. The molecule has 0 spiro atoms. The van der Waals surface area contributed by atoms with Gasteiger partial charge >= 0.3 is 0 Å². The second-order valence-electron chi connectivity index (χ2n) is 6.06. The molecule has 124 valence electrons. The molecule has 1 fully saturated rings. The van der Waals surface area contributed by atoms with E-state index in [1.165, 1.54) is 19.3 Å². The van der Waals surface area contributed by atoms with E-state index in [4.69, 9.17) is 21.6 Å². The molecule has 24 heavy (non-hydrogen) atoms. The highest BCUT2D eigenvalue weighted by Crippen LogP contribution is 2.27. The van der Waals surface area contributed by atoms with E-state index in [9.17, 15) is 0 Å². The van der Waals surface area contributed by atoms with Crippen LogP contribution in [-0.2, 0) is 7.05 Å². The number of rotatable bonds is 3. The summed E-state index contributed by atoms with van der Waals surface area (Å²) in [5.41, 5.74) is 1.77. The summed E-state index contributed by atoms with van der Waals surface area (Å²) in [6.45, 7) is 2.01. The third-order valence-corrected chi connectivity index (χ3v) is 4.58. The Morgan fingerprint density at radius 2 is 1.79 bits per heavy atom. The first-order valence-electron chi connectivity index (χ1n) is 8.18. The Bertz CT molecular complexity index is 851. The van der Waals surface area contributed by atoms with Gasteiger partial charge in [-0.1, -0.05) is 11.6 Å². The molecule has 1 aromatic carbocycles. The Morgan fingerprint density at radius 3 is 2.54 bits per heavy atom. The first kappa shape index (κ1) is 15.2. The molecule has 1 aliphatic rings. The van der Waals surface area contributed by atoms with Crippen LogP contribution in [0.2, 0.25) is 5.02 Å². The molecule has 3 aromatic rings. The Morgan fingerprint density at radius 1 is 1.04 bits per heavy atom. The standard InChI is InChI=1S/C17H19ClN6/c1-23-16-14(11-19-23)15(20-13-7-5-12(18)6-8-13)21-17(22-16)24-9-3-2-4-10-24/h5-8,11H,2-4,9-10H2,1H3,(H,20,21,22). The molecule has 0 amide bonds. The SMILES string of the molecule is Cn1ncc2c(Nc3ccc(Cl)cc3)nc(N3CCCCC3)nc21. The van der Waals surface area contributed by atoms with Crippen molar-refractivity contribution in [3.05, 3.63) is 35.5 Å². The third-order valence-electron chi connectivity index (χ3n) is 4.33. The number of fused-ring (bicyclic) bond motifs is 1. The highest BCUT2D eigenvalue weighted by atomic mass is 35.5. The lowest BCUT2D eigenvalue weighted by Gasteiger charge is -2.27. The molecule has 1 aliphatic heterocycles. The van der Waals surface area contributed by atoms with Crippen LogP contribution in [0.4, 0.5) is 17.5 Å². The van der Waals surface area contributed by atoms with Gasteiger partial charge in [-0.15, -0.1) is 0 Å². The predicted octanol–water partition coefficient (Wildman–Crippen LogP) is 3.75. The fourth-order valence-electron chi connectivity index (χ4n) is 3.01. The van der Waals surface area contributed by atoms with Crippen molar-refractivity contribution in [2.75, 3.05) is 23.3 Å². The van der Waals surface area contributed by atoms with E-state index in [-0.39, 0.29) is 0 Å². The summed E-state index contributed by atoms with van der Waals surface area (Å²) in [7, 11) is 1.90. The van der Waals surface area contributed by atoms with Gasteiger partial charge < -0.3 is 10.2 Å². The maximum absolute atomic E-state index is 5.97. The zero-order valence-electron chi connectivity index (χ0n) is 13.5.